The topological polar surface area (TPSA) is 58.6 Å². The zero-order valence-corrected chi connectivity index (χ0v) is 15.9. The molecule has 132 valence electrons. The van der Waals surface area contributed by atoms with Gasteiger partial charge in [-0.3, -0.25) is 9.59 Å². The SMILES string of the molecule is CCOc1ccc(CN(C)C(=O)CNC(=O)c2cccc(Br)c2)cc1. The fraction of sp³-hybridized carbons (Fsp3) is 0.263. The van der Waals surface area contributed by atoms with Crippen LogP contribution in [0.25, 0.3) is 0 Å². The maximum absolute atomic E-state index is 12.2. The Morgan fingerprint density at radius 2 is 1.88 bits per heavy atom. The molecule has 0 aliphatic rings. The zero-order chi connectivity index (χ0) is 18.2. The van der Waals surface area contributed by atoms with E-state index in [-0.39, 0.29) is 18.4 Å². The second-order valence-electron chi connectivity index (χ2n) is 5.52. The van der Waals surface area contributed by atoms with E-state index < -0.39 is 0 Å². The molecular weight excluding hydrogens is 384 g/mol. The van der Waals surface area contributed by atoms with Gasteiger partial charge < -0.3 is 15.0 Å². The first-order valence-corrected chi connectivity index (χ1v) is 8.78. The molecule has 0 saturated carbocycles. The van der Waals surface area contributed by atoms with Gasteiger partial charge in [0.1, 0.15) is 5.75 Å². The molecule has 2 aromatic rings. The molecule has 5 nitrogen and oxygen atoms in total. The summed E-state index contributed by atoms with van der Waals surface area (Å²) in [5.74, 6) is 0.378. The van der Waals surface area contributed by atoms with Gasteiger partial charge in [-0.1, -0.05) is 34.1 Å². The normalized spacial score (nSPS) is 10.2. The van der Waals surface area contributed by atoms with E-state index in [9.17, 15) is 9.59 Å². The summed E-state index contributed by atoms with van der Waals surface area (Å²) in [6, 6.07) is 14.6. The molecule has 0 fully saturated rings. The van der Waals surface area contributed by atoms with Crippen LogP contribution in [0.5, 0.6) is 5.75 Å². The summed E-state index contributed by atoms with van der Waals surface area (Å²) in [5.41, 5.74) is 1.51. The molecule has 0 bridgehead atoms. The number of halogens is 1. The molecule has 2 amide bonds. The Bertz CT molecular complexity index is 732. The van der Waals surface area contributed by atoms with Crippen molar-refractivity contribution in [3.63, 3.8) is 0 Å². The fourth-order valence-corrected chi connectivity index (χ4v) is 2.64. The van der Waals surface area contributed by atoms with E-state index in [1.54, 1.807) is 30.1 Å². The Morgan fingerprint density at radius 3 is 2.52 bits per heavy atom. The first kappa shape index (κ1) is 19.0. The van der Waals surface area contributed by atoms with Crippen LogP contribution in [0.15, 0.2) is 53.0 Å². The van der Waals surface area contributed by atoms with Crippen LogP contribution in [0.2, 0.25) is 0 Å². The summed E-state index contributed by atoms with van der Waals surface area (Å²) in [6.45, 7) is 2.98. The predicted molar refractivity (Wildman–Crippen MR) is 101 cm³/mol. The number of ether oxygens (including phenoxy) is 1. The molecule has 0 unspecified atom stereocenters. The van der Waals surface area contributed by atoms with Gasteiger partial charge in [0.2, 0.25) is 5.91 Å². The Morgan fingerprint density at radius 1 is 1.16 bits per heavy atom. The Labute approximate surface area is 156 Å². The van der Waals surface area contributed by atoms with Gasteiger partial charge in [0.15, 0.2) is 0 Å². The van der Waals surface area contributed by atoms with Gasteiger partial charge in [0.05, 0.1) is 13.2 Å². The van der Waals surface area contributed by atoms with Crippen LogP contribution in [0.1, 0.15) is 22.8 Å². The van der Waals surface area contributed by atoms with Gasteiger partial charge in [0.25, 0.3) is 5.91 Å². The molecule has 0 atom stereocenters. The van der Waals surface area contributed by atoms with E-state index in [0.717, 1.165) is 15.8 Å². The highest BCUT2D eigenvalue weighted by Crippen LogP contribution is 2.13. The summed E-state index contributed by atoms with van der Waals surface area (Å²) in [7, 11) is 1.71. The number of amides is 2. The maximum Gasteiger partial charge on any atom is 0.251 e. The van der Waals surface area contributed by atoms with Gasteiger partial charge in [0, 0.05) is 23.6 Å². The van der Waals surface area contributed by atoms with Crippen molar-refractivity contribution in [2.75, 3.05) is 20.2 Å². The molecule has 2 rings (SSSR count). The summed E-state index contributed by atoms with van der Waals surface area (Å²) in [6.07, 6.45) is 0. The molecule has 6 heteroatoms. The van der Waals surface area contributed by atoms with Gasteiger partial charge in [-0.05, 0) is 42.8 Å². The summed E-state index contributed by atoms with van der Waals surface area (Å²) >= 11 is 3.32. The third-order valence-electron chi connectivity index (χ3n) is 3.57. The van der Waals surface area contributed by atoms with Crippen LogP contribution in [0.3, 0.4) is 0 Å². The summed E-state index contributed by atoms with van der Waals surface area (Å²) in [4.78, 5) is 25.8. The highest BCUT2D eigenvalue weighted by molar-refractivity contribution is 9.10. The number of hydrogen-bond acceptors (Lipinski definition) is 3. The first-order chi connectivity index (χ1) is 12.0. The first-order valence-electron chi connectivity index (χ1n) is 7.99. The standard InChI is InChI=1S/C19H21BrN2O3/c1-3-25-17-9-7-14(8-10-17)13-22(2)18(23)12-21-19(24)15-5-4-6-16(20)11-15/h4-11H,3,12-13H2,1-2H3,(H,21,24). The molecule has 0 spiro atoms. The van der Waals surface area contributed by atoms with Gasteiger partial charge >= 0.3 is 0 Å². The monoisotopic (exact) mass is 404 g/mol. The smallest absolute Gasteiger partial charge is 0.251 e. The number of nitrogens with zero attached hydrogens (tertiary/aromatic N) is 1. The lowest BCUT2D eigenvalue weighted by molar-refractivity contribution is -0.129. The third kappa shape index (κ3) is 5.90. The van der Waals surface area contributed by atoms with E-state index in [0.29, 0.717) is 18.7 Å². The largest absolute Gasteiger partial charge is 0.494 e. The minimum Gasteiger partial charge on any atom is -0.494 e. The van der Waals surface area contributed by atoms with Crippen LogP contribution in [-0.4, -0.2) is 36.9 Å². The lowest BCUT2D eigenvalue weighted by atomic mass is 10.2. The van der Waals surface area contributed by atoms with E-state index in [2.05, 4.69) is 21.2 Å². The molecule has 0 aliphatic heterocycles. The van der Waals surface area contributed by atoms with Crippen molar-refractivity contribution in [3.05, 3.63) is 64.1 Å². The van der Waals surface area contributed by atoms with Crippen LogP contribution in [0, 0.1) is 0 Å². The number of likely N-dealkylation sites (N-methyl/N-ethyl adjacent to an activating group) is 1. The highest BCUT2D eigenvalue weighted by atomic mass is 79.9. The van der Waals surface area contributed by atoms with Gasteiger partial charge in [-0.2, -0.15) is 0 Å². The quantitative estimate of drug-likeness (QED) is 0.770. The minimum atomic E-state index is -0.274. The Hall–Kier alpha value is -2.34. The summed E-state index contributed by atoms with van der Waals surface area (Å²) in [5, 5.41) is 2.65. The molecule has 0 heterocycles. The lowest BCUT2D eigenvalue weighted by Gasteiger charge is -2.18. The molecule has 2 aromatic carbocycles. The molecule has 1 N–H and O–H groups in total. The predicted octanol–water partition coefficient (Wildman–Crippen LogP) is 3.24. The van der Waals surface area contributed by atoms with E-state index in [1.165, 1.54) is 0 Å². The molecule has 0 radical (unpaired) electrons. The zero-order valence-electron chi connectivity index (χ0n) is 14.3. The molecular formula is C19H21BrN2O3. The highest BCUT2D eigenvalue weighted by Gasteiger charge is 2.12. The van der Waals surface area contributed by atoms with Crippen LogP contribution < -0.4 is 10.1 Å². The molecule has 25 heavy (non-hydrogen) atoms. The molecule has 0 saturated heterocycles. The van der Waals surface area contributed by atoms with Crippen LogP contribution in [0.4, 0.5) is 0 Å². The fourth-order valence-electron chi connectivity index (χ4n) is 2.24. The van der Waals surface area contributed by atoms with E-state index in [1.807, 2.05) is 37.3 Å². The van der Waals surface area contributed by atoms with Crippen molar-refractivity contribution in [2.45, 2.75) is 13.5 Å². The van der Waals surface area contributed by atoms with Gasteiger partial charge in [-0.15, -0.1) is 0 Å². The van der Waals surface area contributed by atoms with Crippen molar-refractivity contribution < 1.29 is 14.3 Å². The Balaban J connectivity index is 1.84. The number of hydrogen-bond donors (Lipinski definition) is 1. The second kappa shape index (κ2) is 9.22. The van der Waals surface area contributed by atoms with Crippen LogP contribution >= 0.6 is 15.9 Å². The third-order valence-corrected chi connectivity index (χ3v) is 4.06. The Kier molecular flexibility index (Phi) is 7.01. The summed E-state index contributed by atoms with van der Waals surface area (Å²) < 4.78 is 6.22. The van der Waals surface area contributed by atoms with E-state index >= 15 is 0 Å². The number of carbonyl (C=O) groups excluding carboxylic acids is 2. The maximum atomic E-state index is 12.2. The average molecular weight is 405 g/mol. The van der Waals surface area contributed by atoms with Crippen molar-refractivity contribution in [1.82, 2.24) is 10.2 Å². The number of rotatable bonds is 7. The van der Waals surface area contributed by atoms with Crippen molar-refractivity contribution in [3.8, 4) is 5.75 Å². The number of carbonyl (C=O) groups is 2. The van der Waals surface area contributed by atoms with Crippen molar-refractivity contribution in [1.29, 1.82) is 0 Å². The van der Waals surface area contributed by atoms with Crippen molar-refractivity contribution in [2.24, 2.45) is 0 Å². The lowest BCUT2D eigenvalue weighted by Crippen LogP contribution is -2.37. The molecule has 0 aliphatic carbocycles. The number of nitrogens with one attached hydrogen (secondary N) is 1. The van der Waals surface area contributed by atoms with Gasteiger partial charge in [-0.25, -0.2) is 0 Å². The average Bonchev–Trinajstić information content (AvgIpc) is 2.61. The molecule has 0 aromatic heterocycles. The van der Waals surface area contributed by atoms with Crippen molar-refractivity contribution >= 4 is 27.7 Å². The van der Waals surface area contributed by atoms with Crippen LogP contribution in [-0.2, 0) is 11.3 Å². The number of benzene rings is 2. The minimum absolute atomic E-state index is 0.0428. The second-order valence-corrected chi connectivity index (χ2v) is 6.44. The van der Waals surface area contributed by atoms with E-state index in [4.69, 9.17) is 4.74 Å².